The number of aliphatic hydroxyl groups excluding tert-OH is 1. The lowest BCUT2D eigenvalue weighted by atomic mass is 10.0. The highest BCUT2D eigenvalue weighted by Crippen LogP contribution is 2.19. The summed E-state index contributed by atoms with van der Waals surface area (Å²) in [5.41, 5.74) is 1.31. The van der Waals surface area contributed by atoms with E-state index in [0.29, 0.717) is 25.1 Å². The summed E-state index contributed by atoms with van der Waals surface area (Å²) in [5.74, 6) is 1.37. The first kappa shape index (κ1) is 16.3. The van der Waals surface area contributed by atoms with E-state index in [9.17, 15) is 5.11 Å². The third kappa shape index (κ3) is 5.01. The van der Waals surface area contributed by atoms with Gasteiger partial charge in [-0.25, -0.2) is 0 Å². The summed E-state index contributed by atoms with van der Waals surface area (Å²) in [7, 11) is 0. The molecule has 1 heterocycles. The highest BCUT2D eigenvalue weighted by molar-refractivity contribution is 5.28. The number of hydrogen-bond donors (Lipinski definition) is 1. The number of likely N-dealkylation sites (tertiary alicyclic amines) is 1. The number of nitrogens with zero attached hydrogens (tertiary/aromatic N) is 1. The molecule has 1 aromatic rings. The van der Waals surface area contributed by atoms with Gasteiger partial charge < -0.3 is 9.84 Å². The molecule has 0 amide bonds. The molecule has 21 heavy (non-hydrogen) atoms. The van der Waals surface area contributed by atoms with Crippen molar-refractivity contribution in [3.8, 4) is 5.75 Å². The minimum absolute atomic E-state index is 0.365. The molecule has 0 unspecified atom stereocenters. The minimum Gasteiger partial charge on any atom is -0.491 e. The molecule has 1 aromatic carbocycles. The van der Waals surface area contributed by atoms with Gasteiger partial charge in [-0.1, -0.05) is 32.4 Å². The number of hydrogen-bond acceptors (Lipinski definition) is 3. The Bertz CT molecular complexity index is 416. The van der Waals surface area contributed by atoms with Crippen molar-refractivity contribution in [1.29, 1.82) is 0 Å². The summed E-state index contributed by atoms with van der Waals surface area (Å²) in [5, 5.41) is 10.2. The van der Waals surface area contributed by atoms with Gasteiger partial charge in [0.05, 0.1) is 0 Å². The fourth-order valence-electron chi connectivity index (χ4n) is 2.89. The normalized spacial score (nSPS) is 21.5. The standard InChI is InChI=1S/C18H29NO2/c1-14(2)16-7-9-18(10-8-16)21-13-17(20)12-19-11-5-4-6-15(19)3/h7-10,14-15,17,20H,4-6,11-13H2,1-3H3/t15-,17-/m0/s1. The average molecular weight is 291 g/mol. The number of piperidine rings is 1. The summed E-state index contributed by atoms with van der Waals surface area (Å²) in [6.07, 6.45) is 3.38. The maximum Gasteiger partial charge on any atom is 0.119 e. The van der Waals surface area contributed by atoms with Crippen molar-refractivity contribution < 1.29 is 9.84 Å². The first-order chi connectivity index (χ1) is 10.1. The van der Waals surface area contributed by atoms with Crippen LogP contribution in [0.5, 0.6) is 5.75 Å². The second-order valence-electron chi connectivity index (χ2n) is 6.53. The molecule has 1 aliphatic heterocycles. The van der Waals surface area contributed by atoms with E-state index in [1.807, 2.05) is 12.1 Å². The molecule has 0 aromatic heterocycles. The van der Waals surface area contributed by atoms with Crippen LogP contribution in [0.1, 0.15) is 51.5 Å². The maximum absolute atomic E-state index is 10.2. The Hall–Kier alpha value is -1.06. The summed E-state index contributed by atoms with van der Waals surface area (Å²) in [6.45, 7) is 8.78. The Morgan fingerprint density at radius 2 is 1.95 bits per heavy atom. The van der Waals surface area contributed by atoms with Crippen LogP contribution in [-0.2, 0) is 0 Å². The lowest BCUT2D eigenvalue weighted by molar-refractivity contribution is 0.0438. The Morgan fingerprint density at radius 3 is 2.57 bits per heavy atom. The smallest absolute Gasteiger partial charge is 0.119 e. The largest absolute Gasteiger partial charge is 0.491 e. The Kier molecular flexibility index (Phi) is 6.07. The molecule has 2 atom stereocenters. The van der Waals surface area contributed by atoms with Gasteiger partial charge in [0.1, 0.15) is 18.5 Å². The van der Waals surface area contributed by atoms with E-state index in [1.165, 1.54) is 24.8 Å². The van der Waals surface area contributed by atoms with Crippen molar-refractivity contribution in [3.05, 3.63) is 29.8 Å². The summed E-state index contributed by atoms with van der Waals surface area (Å²) in [4.78, 5) is 2.37. The first-order valence-corrected chi connectivity index (χ1v) is 8.21. The molecule has 0 bridgehead atoms. The highest BCUT2D eigenvalue weighted by Gasteiger charge is 2.20. The molecule has 118 valence electrons. The summed E-state index contributed by atoms with van der Waals surface area (Å²) in [6, 6.07) is 8.76. The van der Waals surface area contributed by atoms with E-state index in [4.69, 9.17) is 4.74 Å². The fourth-order valence-corrected chi connectivity index (χ4v) is 2.89. The second-order valence-corrected chi connectivity index (χ2v) is 6.53. The highest BCUT2D eigenvalue weighted by atomic mass is 16.5. The average Bonchev–Trinajstić information content (AvgIpc) is 2.48. The molecule has 0 aliphatic carbocycles. The number of β-amino-alcohol motifs (C(OH)–C–C–N with tert-alkyl or cyclic N) is 1. The monoisotopic (exact) mass is 291 g/mol. The molecule has 1 fully saturated rings. The summed E-state index contributed by atoms with van der Waals surface area (Å²) >= 11 is 0. The number of rotatable bonds is 6. The van der Waals surface area contributed by atoms with E-state index in [-0.39, 0.29) is 0 Å². The Balaban J connectivity index is 1.76. The van der Waals surface area contributed by atoms with E-state index in [1.54, 1.807) is 0 Å². The van der Waals surface area contributed by atoms with Crippen LogP contribution < -0.4 is 4.74 Å². The molecule has 0 saturated carbocycles. The predicted octanol–water partition coefficient (Wildman–Crippen LogP) is 3.42. The summed E-state index contributed by atoms with van der Waals surface area (Å²) < 4.78 is 5.70. The SMILES string of the molecule is CC(C)c1ccc(OC[C@@H](O)CN2CCCC[C@@H]2C)cc1. The van der Waals surface area contributed by atoms with Gasteiger partial charge in [-0.3, -0.25) is 4.90 Å². The third-order valence-corrected chi connectivity index (χ3v) is 4.37. The lowest BCUT2D eigenvalue weighted by Gasteiger charge is -2.34. The molecule has 3 heteroatoms. The molecule has 0 radical (unpaired) electrons. The van der Waals surface area contributed by atoms with Crippen molar-refractivity contribution in [2.75, 3.05) is 19.7 Å². The van der Waals surface area contributed by atoms with E-state index < -0.39 is 6.10 Å². The van der Waals surface area contributed by atoms with Crippen molar-refractivity contribution in [2.24, 2.45) is 0 Å². The maximum atomic E-state index is 10.2. The van der Waals surface area contributed by atoms with Crippen LogP contribution in [0.2, 0.25) is 0 Å². The fraction of sp³-hybridized carbons (Fsp3) is 0.667. The van der Waals surface area contributed by atoms with Crippen LogP contribution >= 0.6 is 0 Å². The van der Waals surface area contributed by atoms with Crippen molar-refractivity contribution in [2.45, 2.75) is 58.1 Å². The van der Waals surface area contributed by atoms with Gasteiger partial charge in [-0.2, -0.15) is 0 Å². The zero-order valence-electron chi connectivity index (χ0n) is 13.6. The first-order valence-electron chi connectivity index (χ1n) is 8.21. The molecular weight excluding hydrogens is 262 g/mol. The number of ether oxygens (including phenoxy) is 1. The molecule has 1 saturated heterocycles. The van der Waals surface area contributed by atoms with Crippen LogP contribution in [-0.4, -0.2) is 41.8 Å². The van der Waals surface area contributed by atoms with Crippen LogP contribution in [0.3, 0.4) is 0 Å². The number of benzene rings is 1. The van der Waals surface area contributed by atoms with Crippen molar-refractivity contribution >= 4 is 0 Å². The molecular formula is C18H29NO2. The zero-order valence-corrected chi connectivity index (χ0v) is 13.6. The van der Waals surface area contributed by atoms with E-state index >= 15 is 0 Å². The van der Waals surface area contributed by atoms with Gasteiger partial charge in [0.25, 0.3) is 0 Å². The third-order valence-electron chi connectivity index (χ3n) is 4.37. The Morgan fingerprint density at radius 1 is 1.24 bits per heavy atom. The Labute approximate surface area is 128 Å². The van der Waals surface area contributed by atoms with Crippen LogP contribution in [0.25, 0.3) is 0 Å². The van der Waals surface area contributed by atoms with E-state index in [0.717, 1.165) is 12.3 Å². The predicted molar refractivity (Wildman–Crippen MR) is 86.9 cm³/mol. The van der Waals surface area contributed by atoms with Crippen LogP contribution in [0.15, 0.2) is 24.3 Å². The van der Waals surface area contributed by atoms with Crippen molar-refractivity contribution in [3.63, 3.8) is 0 Å². The van der Waals surface area contributed by atoms with Gasteiger partial charge in [0, 0.05) is 12.6 Å². The topological polar surface area (TPSA) is 32.7 Å². The molecule has 3 nitrogen and oxygen atoms in total. The quantitative estimate of drug-likeness (QED) is 0.871. The van der Waals surface area contributed by atoms with Crippen LogP contribution in [0, 0.1) is 0 Å². The van der Waals surface area contributed by atoms with Gasteiger partial charge in [0.15, 0.2) is 0 Å². The van der Waals surface area contributed by atoms with Gasteiger partial charge in [-0.05, 0) is 49.9 Å². The minimum atomic E-state index is -0.421. The van der Waals surface area contributed by atoms with Gasteiger partial charge in [-0.15, -0.1) is 0 Å². The van der Waals surface area contributed by atoms with Crippen LogP contribution in [0.4, 0.5) is 0 Å². The van der Waals surface area contributed by atoms with Gasteiger partial charge >= 0.3 is 0 Å². The zero-order chi connectivity index (χ0) is 15.2. The number of aliphatic hydroxyl groups is 1. The molecule has 1 aliphatic rings. The van der Waals surface area contributed by atoms with Gasteiger partial charge in [0.2, 0.25) is 0 Å². The van der Waals surface area contributed by atoms with Crippen molar-refractivity contribution in [1.82, 2.24) is 4.90 Å². The molecule has 1 N–H and O–H groups in total. The second kappa shape index (κ2) is 7.81. The molecule has 0 spiro atoms. The molecule has 2 rings (SSSR count). The van der Waals surface area contributed by atoms with E-state index in [2.05, 4.69) is 37.8 Å². The lowest BCUT2D eigenvalue weighted by Crippen LogP contribution is -2.43.